The number of hydrogen-bond donors (Lipinski definition) is 1. The fraction of sp³-hybridized carbons (Fsp3) is 0.652. The van der Waals surface area contributed by atoms with Crippen molar-refractivity contribution >= 4 is 0 Å². The summed E-state index contributed by atoms with van der Waals surface area (Å²) in [5.74, 6) is 1.04. The van der Waals surface area contributed by atoms with Gasteiger partial charge in [-0.1, -0.05) is 50.6 Å². The summed E-state index contributed by atoms with van der Waals surface area (Å²) < 4.78 is 6.08. The molecule has 0 bridgehead atoms. The molecule has 1 aliphatic heterocycles. The average molecular weight is 359 g/mol. The third-order valence-electron chi connectivity index (χ3n) is 4.94. The highest BCUT2D eigenvalue weighted by Gasteiger charge is 2.19. The second-order valence-corrected chi connectivity index (χ2v) is 8.45. The van der Waals surface area contributed by atoms with Gasteiger partial charge < -0.3 is 15.0 Å². The lowest BCUT2D eigenvalue weighted by Gasteiger charge is -2.26. The van der Waals surface area contributed by atoms with Crippen LogP contribution in [-0.2, 0) is 5.41 Å². The summed E-state index contributed by atoms with van der Waals surface area (Å²) in [5, 5.41) is 3.40. The van der Waals surface area contributed by atoms with Gasteiger partial charge in [-0.15, -0.1) is 0 Å². The molecule has 146 valence electrons. The van der Waals surface area contributed by atoms with Crippen molar-refractivity contribution in [2.75, 3.05) is 39.3 Å². The van der Waals surface area contributed by atoms with E-state index in [4.69, 9.17) is 4.74 Å². The highest BCUT2D eigenvalue weighted by Crippen LogP contribution is 2.32. The summed E-state index contributed by atoms with van der Waals surface area (Å²) in [6.45, 7) is 15.6. The van der Waals surface area contributed by atoms with E-state index in [9.17, 15) is 0 Å². The molecule has 1 aliphatic rings. The number of nitrogens with zero attached hydrogens (tertiary/aromatic N) is 1. The van der Waals surface area contributed by atoms with Crippen LogP contribution in [0.25, 0.3) is 0 Å². The first-order chi connectivity index (χ1) is 12.5. The second-order valence-electron chi connectivity index (χ2n) is 8.45. The Morgan fingerprint density at radius 2 is 1.77 bits per heavy atom. The van der Waals surface area contributed by atoms with Crippen LogP contribution >= 0.6 is 0 Å². The number of nitrogens with one attached hydrogen (secondary N) is 1. The van der Waals surface area contributed by atoms with Gasteiger partial charge >= 0.3 is 0 Å². The summed E-state index contributed by atoms with van der Waals surface area (Å²) >= 11 is 0. The Bertz CT molecular complexity index is 554. The van der Waals surface area contributed by atoms with Crippen LogP contribution in [0.1, 0.15) is 57.6 Å². The van der Waals surface area contributed by atoms with E-state index in [2.05, 4.69) is 68.3 Å². The third kappa shape index (κ3) is 7.51. The van der Waals surface area contributed by atoms with Gasteiger partial charge in [-0.05, 0) is 56.2 Å². The first kappa shape index (κ1) is 21.0. The minimum atomic E-state index is 0.117. The highest BCUT2D eigenvalue weighted by molar-refractivity contribution is 5.41. The SMILES string of the molecule is Cc1ccc(OCCC/C=C/CCCN2CCNCC2)c(C(C)(C)C)c1. The molecule has 2 rings (SSSR count). The van der Waals surface area contributed by atoms with Gasteiger partial charge in [0, 0.05) is 26.2 Å². The zero-order valence-corrected chi connectivity index (χ0v) is 17.3. The normalized spacial score (nSPS) is 16.3. The van der Waals surface area contributed by atoms with E-state index in [1.54, 1.807) is 0 Å². The van der Waals surface area contributed by atoms with Crippen LogP contribution in [0.5, 0.6) is 5.75 Å². The first-order valence-corrected chi connectivity index (χ1v) is 10.3. The molecule has 0 saturated carbocycles. The summed E-state index contributed by atoms with van der Waals surface area (Å²) in [4.78, 5) is 2.56. The Kier molecular flexibility index (Phi) is 8.67. The molecule has 0 unspecified atom stereocenters. The zero-order valence-electron chi connectivity index (χ0n) is 17.3. The molecular weight excluding hydrogens is 320 g/mol. The Hall–Kier alpha value is -1.32. The van der Waals surface area contributed by atoms with Crippen molar-refractivity contribution < 1.29 is 4.74 Å². The molecule has 1 fully saturated rings. The van der Waals surface area contributed by atoms with Crippen molar-refractivity contribution in [3.05, 3.63) is 41.5 Å². The van der Waals surface area contributed by atoms with Crippen LogP contribution in [0.15, 0.2) is 30.4 Å². The topological polar surface area (TPSA) is 24.5 Å². The van der Waals surface area contributed by atoms with Crippen molar-refractivity contribution in [2.24, 2.45) is 0 Å². The molecule has 3 nitrogen and oxygen atoms in total. The van der Waals surface area contributed by atoms with Crippen LogP contribution in [-0.4, -0.2) is 44.2 Å². The smallest absolute Gasteiger partial charge is 0.123 e. The van der Waals surface area contributed by atoms with Crippen molar-refractivity contribution in [1.29, 1.82) is 0 Å². The van der Waals surface area contributed by atoms with E-state index in [-0.39, 0.29) is 5.41 Å². The Morgan fingerprint density at radius 1 is 1.08 bits per heavy atom. The van der Waals surface area contributed by atoms with Gasteiger partial charge in [0.15, 0.2) is 0 Å². The van der Waals surface area contributed by atoms with Gasteiger partial charge in [0.05, 0.1) is 6.61 Å². The summed E-state index contributed by atoms with van der Waals surface area (Å²) in [5.41, 5.74) is 2.72. The van der Waals surface area contributed by atoms with Gasteiger partial charge in [0.1, 0.15) is 5.75 Å². The summed E-state index contributed by atoms with van der Waals surface area (Å²) in [6, 6.07) is 6.53. The van der Waals surface area contributed by atoms with Crippen LogP contribution in [0, 0.1) is 6.92 Å². The minimum absolute atomic E-state index is 0.117. The lowest BCUT2D eigenvalue weighted by atomic mass is 9.85. The first-order valence-electron chi connectivity index (χ1n) is 10.3. The maximum absolute atomic E-state index is 6.08. The molecule has 0 aliphatic carbocycles. The molecule has 1 heterocycles. The zero-order chi connectivity index (χ0) is 18.8. The van der Waals surface area contributed by atoms with Gasteiger partial charge in [-0.2, -0.15) is 0 Å². The molecule has 0 spiro atoms. The van der Waals surface area contributed by atoms with E-state index >= 15 is 0 Å². The number of ether oxygens (including phenoxy) is 1. The van der Waals surface area contributed by atoms with Crippen LogP contribution in [0.2, 0.25) is 0 Å². The van der Waals surface area contributed by atoms with Crippen molar-refractivity contribution in [3.8, 4) is 5.75 Å². The van der Waals surface area contributed by atoms with E-state index < -0.39 is 0 Å². The van der Waals surface area contributed by atoms with Gasteiger partial charge in [-0.25, -0.2) is 0 Å². The number of aryl methyl sites for hydroxylation is 1. The van der Waals surface area contributed by atoms with Gasteiger partial charge in [0.2, 0.25) is 0 Å². The fourth-order valence-corrected chi connectivity index (χ4v) is 3.34. The molecule has 0 radical (unpaired) electrons. The Balaban J connectivity index is 1.60. The number of rotatable bonds is 9. The quantitative estimate of drug-likeness (QED) is 0.512. The number of allylic oxidation sites excluding steroid dienone is 2. The molecule has 1 aromatic rings. The predicted octanol–water partition coefficient (Wildman–Crippen LogP) is 4.69. The lowest BCUT2D eigenvalue weighted by Crippen LogP contribution is -2.43. The van der Waals surface area contributed by atoms with Crippen molar-refractivity contribution in [3.63, 3.8) is 0 Å². The van der Waals surface area contributed by atoms with Gasteiger partial charge in [0.25, 0.3) is 0 Å². The van der Waals surface area contributed by atoms with Crippen molar-refractivity contribution in [2.45, 2.75) is 58.8 Å². The summed E-state index contributed by atoms with van der Waals surface area (Å²) in [6.07, 6.45) is 9.30. The maximum Gasteiger partial charge on any atom is 0.123 e. The molecule has 26 heavy (non-hydrogen) atoms. The monoisotopic (exact) mass is 358 g/mol. The number of benzene rings is 1. The van der Waals surface area contributed by atoms with E-state index in [1.807, 2.05) is 0 Å². The maximum atomic E-state index is 6.08. The number of piperazine rings is 1. The van der Waals surface area contributed by atoms with E-state index in [0.29, 0.717) is 0 Å². The van der Waals surface area contributed by atoms with Crippen LogP contribution in [0.4, 0.5) is 0 Å². The molecule has 0 amide bonds. The molecule has 1 aromatic carbocycles. The largest absolute Gasteiger partial charge is 0.493 e. The second kappa shape index (κ2) is 10.7. The highest BCUT2D eigenvalue weighted by atomic mass is 16.5. The van der Waals surface area contributed by atoms with Crippen LogP contribution in [0.3, 0.4) is 0 Å². The molecular formula is C23H38N2O. The number of unbranched alkanes of at least 4 members (excludes halogenated alkanes) is 2. The lowest BCUT2D eigenvalue weighted by molar-refractivity contribution is 0.239. The van der Waals surface area contributed by atoms with Gasteiger partial charge in [-0.3, -0.25) is 0 Å². The Morgan fingerprint density at radius 3 is 2.46 bits per heavy atom. The minimum Gasteiger partial charge on any atom is -0.493 e. The molecule has 1 saturated heterocycles. The van der Waals surface area contributed by atoms with E-state index in [0.717, 1.165) is 38.3 Å². The standard InChI is InChI=1S/C23H38N2O/c1-20-11-12-22(21(19-20)23(2,3)4)26-18-10-8-6-5-7-9-15-25-16-13-24-14-17-25/h5-6,11-12,19,24H,7-10,13-18H2,1-4H3/b6-5+. The predicted molar refractivity (Wildman–Crippen MR) is 112 cm³/mol. The molecule has 3 heteroatoms. The van der Waals surface area contributed by atoms with E-state index in [1.165, 1.54) is 43.6 Å². The Labute approximate surface area is 160 Å². The number of hydrogen-bond acceptors (Lipinski definition) is 3. The molecule has 0 atom stereocenters. The van der Waals surface area contributed by atoms with Crippen LogP contribution < -0.4 is 10.1 Å². The summed E-state index contributed by atoms with van der Waals surface area (Å²) in [7, 11) is 0. The average Bonchev–Trinajstić information content (AvgIpc) is 2.61. The van der Waals surface area contributed by atoms with Crippen molar-refractivity contribution in [1.82, 2.24) is 10.2 Å². The molecule has 0 aromatic heterocycles. The molecule has 1 N–H and O–H groups in total. The fourth-order valence-electron chi connectivity index (χ4n) is 3.34. The third-order valence-corrected chi connectivity index (χ3v) is 4.94.